The Morgan fingerprint density at radius 2 is 2.18 bits per heavy atom. The van der Waals surface area contributed by atoms with Crippen molar-refractivity contribution in [1.29, 1.82) is 0 Å². The van der Waals surface area contributed by atoms with E-state index < -0.39 is 6.03 Å². The Bertz CT molecular complexity index is 168. The number of rotatable bonds is 3. The Labute approximate surface area is 64.4 Å². The van der Waals surface area contributed by atoms with Gasteiger partial charge >= 0.3 is 6.03 Å². The van der Waals surface area contributed by atoms with Gasteiger partial charge in [0.2, 0.25) is 0 Å². The maximum absolute atomic E-state index is 10.4. The molecule has 0 fully saturated rings. The molecule has 0 aromatic carbocycles. The van der Waals surface area contributed by atoms with Crippen LogP contribution in [-0.2, 0) is 0 Å². The third-order valence-corrected chi connectivity index (χ3v) is 1.21. The quantitative estimate of drug-likeness (QED) is 0.216. The van der Waals surface area contributed by atoms with Crippen LogP contribution < -0.4 is 11.5 Å². The molecule has 5 N–H and O–H groups in total. The topological polar surface area (TPSA) is 105 Å². The van der Waals surface area contributed by atoms with E-state index >= 15 is 0 Å². The highest BCUT2D eigenvalue weighted by Gasteiger charge is 2.02. The number of hydrogen-bond donors (Lipinski definition) is 3. The molecule has 64 valence electrons. The molecule has 0 aliphatic carbocycles. The van der Waals surface area contributed by atoms with Crippen LogP contribution in [0.25, 0.3) is 0 Å². The van der Waals surface area contributed by atoms with E-state index in [1.165, 1.54) is 11.9 Å². The molecule has 0 heterocycles. The first-order valence-corrected chi connectivity index (χ1v) is 3.05. The summed E-state index contributed by atoms with van der Waals surface area (Å²) in [6.07, 6.45) is 0.315. The first kappa shape index (κ1) is 9.54. The number of carbonyl (C=O) groups is 1. The molecular weight excluding hydrogens is 148 g/mol. The average Bonchev–Trinajstić information content (AvgIpc) is 1.99. The molecule has 0 saturated carbocycles. The number of carbonyl (C=O) groups excluding carboxylic acids is 1. The summed E-state index contributed by atoms with van der Waals surface area (Å²) < 4.78 is 0. The number of hydrogen-bond acceptors (Lipinski definition) is 3. The number of amidine groups is 1. The predicted molar refractivity (Wildman–Crippen MR) is 40.2 cm³/mol. The van der Waals surface area contributed by atoms with E-state index in [1.54, 1.807) is 0 Å². The molecule has 0 bridgehead atoms. The van der Waals surface area contributed by atoms with Crippen molar-refractivity contribution in [3.8, 4) is 0 Å². The first-order valence-electron chi connectivity index (χ1n) is 3.05. The lowest BCUT2D eigenvalue weighted by Crippen LogP contribution is -2.34. The van der Waals surface area contributed by atoms with Crippen molar-refractivity contribution in [3.05, 3.63) is 0 Å². The second kappa shape index (κ2) is 4.37. The number of oxime groups is 1. The minimum Gasteiger partial charge on any atom is -0.409 e. The normalized spacial score (nSPS) is 11.2. The fourth-order valence-corrected chi connectivity index (χ4v) is 0.442. The monoisotopic (exact) mass is 160 g/mol. The summed E-state index contributed by atoms with van der Waals surface area (Å²) in [6.45, 7) is 0.352. The minimum atomic E-state index is -0.532. The predicted octanol–water partition coefficient (Wildman–Crippen LogP) is -0.867. The summed E-state index contributed by atoms with van der Waals surface area (Å²) in [5.74, 6) is 0.0816. The highest BCUT2D eigenvalue weighted by molar-refractivity contribution is 5.80. The van der Waals surface area contributed by atoms with Gasteiger partial charge in [-0.15, -0.1) is 0 Å². The van der Waals surface area contributed by atoms with Crippen LogP contribution >= 0.6 is 0 Å². The van der Waals surface area contributed by atoms with Crippen LogP contribution in [0.1, 0.15) is 6.42 Å². The molecule has 0 aliphatic rings. The van der Waals surface area contributed by atoms with Crippen LogP contribution in [0.4, 0.5) is 4.79 Å². The van der Waals surface area contributed by atoms with Crippen molar-refractivity contribution in [2.24, 2.45) is 16.6 Å². The van der Waals surface area contributed by atoms with Crippen LogP contribution in [-0.4, -0.2) is 35.6 Å². The third kappa shape index (κ3) is 4.01. The van der Waals surface area contributed by atoms with Crippen molar-refractivity contribution in [3.63, 3.8) is 0 Å². The molecule has 0 spiro atoms. The van der Waals surface area contributed by atoms with Gasteiger partial charge in [0.15, 0.2) is 0 Å². The first-order chi connectivity index (χ1) is 5.07. The van der Waals surface area contributed by atoms with Crippen molar-refractivity contribution in [2.75, 3.05) is 13.6 Å². The van der Waals surface area contributed by atoms with E-state index in [1.807, 2.05) is 0 Å². The van der Waals surface area contributed by atoms with E-state index in [-0.39, 0.29) is 5.84 Å². The zero-order chi connectivity index (χ0) is 8.85. The Morgan fingerprint density at radius 3 is 2.55 bits per heavy atom. The van der Waals surface area contributed by atoms with Gasteiger partial charge in [0.1, 0.15) is 5.84 Å². The molecule has 0 rings (SSSR count). The number of nitrogens with zero attached hydrogens (tertiary/aromatic N) is 2. The molecule has 11 heavy (non-hydrogen) atoms. The second-order valence-corrected chi connectivity index (χ2v) is 2.10. The molecule has 0 atom stereocenters. The van der Waals surface area contributed by atoms with Crippen molar-refractivity contribution in [1.82, 2.24) is 4.90 Å². The van der Waals surface area contributed by atoms with Gasteiger partial charge in [0.25, 0.3) is 0 Å². The standard InChI is InChI=1S/C5H12N4O2/c1-9(5(7)10)3-2-4(6)8-11/h11H,2-3H2,1H3,(H2,6,8)(H2,7,10). The third-order valence-electron chi connectivity index (χ3n) is 1.21. The average molecular weight is 160 g/mol. The molecule has 0 radical (unpaired) electrons. The van der Waals surface area contributed by atoms with Gasteiger partial charge in [0.05, 0.1) is 0 Å². The molecule has 6 heteroatoms. The van der Waals surface area contributed by atoms with Gasteiger partial charge < -0.3 is 21.6 Å². The van der Waals surface area contributed by atoms with Crippen LogP contribution in [0, 0.1) is 0 Å². The molecule has 6 nitrogen and oxygen atoms in total. The van der Waals surface area contributed by atoms with Crippen LogP contribution in [0.15, 0.2) is 5.16 Å². The zero-order valence-corrected chi connectivity index (χ0v) is 6.32. The van der Waals surface area contributed by atoms with E-state index in [2.05, 4.69) is 5.16 Å². The fraction of sp³-hybridized carbons (Fsp3) is 0.600. The SMILES string of the molecule is CN(CC/C(N)=N/O)C(N)=O. The van der Waals surface area contributed by atoms with Crippen molar-refractivity contribution in [2.45, 2.75) is 6.42 Å². The number of nitrogens with two attached hydrogens (primary N) is 2. The maximum Gasteiger partial charge on any atom is 0.314 e. The fourth-order valence-electron chi connectivity index (χ4n) is 0.442. The summed E-state index contributed by atoms with van der Waals surface area (Å²) in [5.41, 5.74) is 10.1. The molecule has 0 saturated heterocycles. The summed E-state index contributed by atoms with van der Waals surface area (Å²) in [4.78, 5) is 11.7. The van der Waals surface area contributed by atoms with Crippen molar-refractivity contribution < 1.29 is 10.0 Å². The summed E-state index contributed by atoms with van der Waals surface area (Å²) in [5, 5.41) is 10.8. The van der Waals surface area contributed by atoms with E-state index in [0.29, 0.717) is 13.0 Å². The lowest BCUT2D eigenvalue weighted by molar-refractivity contribution is 0.219. The minimum absolute atomic E-state index is 0.0816. The molecule has 0 aromatic rings. The Hall–Kier alpha value is -1.46. The summed E-state index contributed by atoms with van der Waals surface area (Å²) >= 11 is 0. The zero-order valence-electron chi connectivity index (χ0n) is 6.32. The molecular formula is C5H12N4O2. The molecule has 0 unspecified atom stereocenters. The van der Waals surface area contributed by atoms with E-state index in [4.69, 9.17) is 16.7 Å². The summed E-state index contributed by atoms with van der Waals surface area (Å²) in [6, 6.07) is -0.532. The number of amides is 2. The maximum atomic E-state index is 10.4. The van der Waals surface area contributed by atoms with E-state index in [0.717, 1.165) is 0 Å². The Kier molecular flexibility index (Phi) is 3.79. The lowest BCUT2D eigenvalue weighted by atomic mass is 10.4. The lowest BCUT2D eigenvalue weighted by Gasteiger charge is -2.12. The van der Waals surface area contributed by atoms with Gasteiger partial charge in [-0.1, -0.05) is 5.16 Å². The highest BCUT2D eigenvalue weighted by Crippen LogP contribution is 1.86. The smallest absolute Gasteiger partial charge is 0.314 e. The van der Waals surface area contributed by atoms with E-state index in [9.17, 15) is 4.79 Å². The largest absolute Gasteiger partial charge is 0.409 e. The molecule has 0 aromatic heterocycles. The van der Waals surface area contributed by atoms with Crippen molar-refractivity contribution >= 4 is 11.9 Å². The van der Waals surface area contributed by atoms with Gasteiger partial charge in [-0.2, -0.15) is 0 Å². The molecule has 0 aliphatic heterocycles. The van der Waals surface area contributed by atoms with Crippen LogP contribution in [0.5, 0.6) is 0 Å². The summed E-state index contributed by atoms with van der Waals surface area (Å²) in [7, 11) is 1.53. The highest BCUT2D eigenvalue weighted by atomic mass is 16.4. The van der Waals surface area contributed by atoms with Gasteiger partial charge in [-0.3, -0.25) is 0 Å². The number of primary amides is 1. The van der Waals surface area contributed by atoms with Crippen LogP contribution in [0.2, 0.25) is 0 Å². The Balaban J connectivity index is 3.62. The van der Waals surface area contributed by atoms with Gasteiger partial charge in [-0.25, -0.2) is 4.79 Å². The molecule has 2 amide bonds. The van der Waals surface area contributed by atoms with Gasteiger partial charge in [0, 0.05) is 20.0 Å². The van der Waals surface area contributed by atoms with Gasteiger partial charge in [-0.05, 0) is 0 Å². The Morgan fingerprint density at radius 1 is 1.64 bits per heavy atom. The second-order valence-electron chi connectivity index (χ2n) is 2.10. The van der Waals surface area contributed by atoms with Crippen LogP contribution in [0.3, 0.4) is 0 Å². The number of urea groups is 1.